The van der Waals surface area contributed by atoms with Crippen LogP contribution in [0.1, 0.15) is 41.0 Å². The third-order valence-electron chi connectivity index (χ3n) is 2.70. The molecule has 13 heavy (non-hydrogen) atoms. The van der Waals surface area contributed by atoms with Gasteiger partial charge in [-0.15, -0.1) is 0 Å². The molecule has 0 aromatic carbocycles. The number of hydrogen-bond acceptors (Lipinski definition) is 2. The molecule has 1 saturated heterocycles. The van der Waals surface area contributed by atoms with Crippen LogP contribution in [0.2, 0.25) is 0 Å². The fraction of sp³-hybridized carbons (Fsp3) is 1.00. The van der Waals surface area contributed by atoms with Gasteiger partial charge in [-0.3, -0.25) is 4.90 Å². The minimum Gasteiger partial charge on any atom is -0.374 e. The Bertz CT molecular complexity index is 162. The first kappa shape index (κ1) is 11.0. The molecule has 0 unspecified atom stereocenters. The van der Waals surface area contributed by atoms with Gasteiger partial charge in [0.2, 0.25) is 0 Å². The second kappa shape index (κ2) is 3.97. The molecule has 1 rings (SSSR count). The molecule has 1 fully saturated rings. The molecule has 2 nitrogen and oxygen atoms in total. The molecule has 78 valence electrons. The fourth-order valence-corrected chi connectivity index (χ4v) is 1.86. The highest BCUT2D eigenvalue weighted by Crippen LogP contribution is 2.19. The van der Waals surface area contributed by atoms with Crippen molar-refractivity contribution in [3.05, 3.63) is 0 Å². The first-order valence-electron chi connectivity index (χ1n) is 5.30. The maximum Gasteiger partial charge on any atom is 0.0677 e. The minimum atomic E-state index is 0.279. The Morgan fingerprint density at radius 3 is 2.31 bits per heavy atom. The summed E-state index contributed by atoms with van der Waals surface area (Å²) in [6.07, 6.45) is 1.95. The van der Waals surface area contributed by atoms with Crippen molar-refractivity contribution in [3.8, 4) is 0 Å². The van der Waals surface area contributed by atoms with Gasteiger partial charge < -0.3 is 4.74 Å². The predicted molar refractivity (Wildman–Crippen MR) is 56.0 cm³/mol. The van der Waals surface area contributed by atoms with E-state index in [-0.39, 0.29) is 5.54 Å². The van der Waals surface area contributed by atoms with Crippen molar-refractivity contribution in [3.63, 3.8) is 0 Å². The van der Waals surface area contributed by atoms with Gasteiger partial charge in [-0.1, -0.05) is 0 Å². The molecule has 1 aliphatic rings. The zero-order valence-electron chi connectivity index (χ0n) is 9.63. The Kier molecular flexibility index (Phi) is 3.36. The van der Waals surface area contributed by atoms with Crippen LogP contribution in [-0.4, -0.2) is 35.7 Å². The quantitative estimate of drug-likeness (QED) is 0.574. The Morgan fingerprint density at radius 2 is 1.77 bits per heavy atom. The zero-order chi connectivity index (χ0) is 10.1. The van der Waals surface area contributed by atoms with Gasteiger partial charge in [0.25, 0.3) is 0 Å². The van der Waals surface area contributed by atoms with E-state index in [4.69, 9.17) is 4.74 Å². The van der Waals surface area contributed by atoms with Gasteiger partial charge in [0.05, 0.1) is 12.2 Å². The van der Waals surface area contributed by atoms with Crippen LogP contribution in [0.15, 0.2) is 0 Å². The first-order valence-corrected chi connectivity index (χ1v) is 5.30. The van der Waals surface area contributed by atoms with Crippen LogP contribution in [0.3, 0.4) is 0 Å². The number of rotatable bonds is 0. The van der Waals surface area contributed by atoms with Crippen molar-refractivity contribution >= 4 is 0 Å². The van der Waals surface area contributed by atoms with E-state index in [1.165, 1.54) is 0 Å². The summed E-state index contributed by atoms with van der Waals surface area (Å²) in [5.74, 6) is 0. The van der Waals surface area contributed by atoms with E-state index in [0.29, 0.717) is 12.2 Å². The van der Waals surface area contributed by atoms with Crippen LogP contribution in [0.5, 0.6) is 0 Å². The summed E-state index contributed by atoms with van der Waals surface area (Å²) in [6, 6.07) is 0. The smallest absolute Gasteiger partial charge is 0.0677 e. The van der Waals surface area contributed by atoms with Gasteiger partial charge in [0.1, 0.15) is 0 Å². The maximum absolute atomic E-state index is 5.79. The minimum absolute atomic E-state index is 0.279. The molecule has 0 aromatic rings. The third kappa shape index (κ3) is 3.28. The monoisotopic (exact) mass is 185 g/mol. The normalized spacial score (nSPS) is 33.0. The summed E-state index contributed by atoms with van der Waals surface area (Å²) >= 11 is 0. The SMILES string of the molecule is C[C@H]1CCN(C(C)(C)C)C[C@H](C)O1. The van der Waals surface area contributed by atoms with E-state index in [9.17, 15) is 0 Å². The predicted octanol–water partition coefficient (Wildman–Crippen LogP) is 2.28. The molecule has 2 atom stereocenters. The molecule has 0 radical (unpaired) electrons. The lowest BCUT2D eigenvalue weighted by atomic mass is 10.1. The Labute approximate surface area is 82.3 Å². The summed E-state index contributed by atoms with van der Waals surface area (Å²) in [6.45, 7) is 13.4. The van der Waals surface area contributed by atoms with Gasteiger partial charge >= 0.3 is 0 Å². The summed E-state index contributed by atoms with van der Waals surface area (Å²) < 4.78 is 5.79. The van der Waals surface area contributed by atoms with Crippen molar-refractivity contribution in [2.45, 2.75) is 58.8 Å². The summed E-state index contributed by atoms with van der Waals surface area (Å²) in [4.78, 5) is 2.52. The van der Waals surface area contributed by atoms with Crippen molar-refractivity contribution in [2.24, 2.45) is 0 Å². The van der Waals surface area contributed by atoms with E-state index in [0.717, 1.165) is 19.5 Å². The molecule has 0 aromatic heterocycles. The van der Waals surface area contributed by atoms with Crippen molar-refractivity contribution < 1.29 is 4.74 Å². The van der Waals surface area contributed by atoms with Crippen LogP contribution in [0, 0.1) is 0 Å². The van der Waals surface area contributed by atoms with Crippen molar-refractivity contribution in [1.82, 2.24) is 4.90 Å². The van der Waals surface area contributed by atoms with Gasteiger partial charge in [-0.05, 0) is 41.0 Å². The molecule has 0 saturated carbocycles. The Balaban J connectivity index is 2.58. The first-order chi connectivity index (χ1) is 5.89. The Morgan fingerprint density at radius 1 is 1.15 bits per heavy atom. The molecule has 0 amide bonds. The van der Waals surface area contributed by atoms with Gasteiger partial charge in [-0.25, -0.2) is 0 Å². The van der Waals surface area contributed by atoms with Crippen molar-refractivity contribution in [2.75, 3.05) is 13.1 Å². The van der Waals surface area contributed by atoms with Gasteiger partial charge in [0, 0.05) is 18.6 Å². The average Bonchev–Trinajstić information content (AvgIpc) is 2.09. The largest absolute Gasteiger partial charge is 0.374 e. The number of hydrogen-bond donors (Lipinski definition) is 0. The molecule has 2 heteroatoms. The van der Waals surface area contributed by atoms with Crippen LogP contribution in [-0.2, 0) is 4.74 Å². The fourth-order valence-electron chi connectivity index (χ4n) is 1.86. The standard InChI is InChI=1S/C11H23NO/c1-9-6-7-12(11(3,4)5)8-10(2)13-9/h9-10H,6-8H2,1-5H3/t9-,10-/m0/s1. The molecule has 1 aliphatic heterocycles. The van der Waals surface area contributed by atoms with Gasteiger partial charge in [0.15, 0.2) is 0 Å². The zero-order valence-corrected chi connectivity index (χ0v) is 9.63. The lowest BCUT2D eigenvalue weighted by molar-refractivity contribution is 0.00753. The van der Waals surface area contributed by atoms with Crippen molar-refractivity contribution in [1.29, 1.82) is 0 Å². The summed E-state index contributed by atoms with van der Waals surface area (Å²) in [7, 11) is 0. The maximum atomic E-state index is 5.79. The number of nitrogens with zero attached hydrogens (tertiary/aromatic N) is 1. The molecule has 1 heterocycles. The highest BCUT2D eigenvalue weighted by atomic mass is 16.5. The topological polar surface area (TPSA) is 12.5 Å². The molecular weight excluding hydrogens is 162 g/mol. The van der Waals surface area contributed by atoms with E-state index in [1.54, 1.807) is 0 Å². The average molecular weight is 185 g/mol. The van der Waals surface area contributed by atoms with E-state index in [1.807, 2.05) is 0 Å². The van der Waals surface area contributed by atoms with E-state index < -0.39 is 0 Å². The number of ether oxygens (including phenoxy) is 1. The highest BCUT2D eigenvalue weighted by Gasteiger charge is 2.26. The molecular formula is C11H23NO. The lowest BCUT2D eigenvalue weighted by Crippen LogP contribution is -2.44. The molecule has 0 spiro atoms. The Hall–Kier alpha value is -0.0800. The molecule has 0 N–H and O–H groups in total. The van der Waals surface area contributed by atoms with Gasteiger partial charge in [-0.2, -0.15) is 0 Å². The van der Waals surface area contributed by atoms with Crippen LogP contribution in [0.4, 0.5) is 0 Å². The van der Waals surface area contributed by atoms with E-state index in [2.05, 4.69) is 39.5 Å². The second-order valence-electron chi connectivity index (χ2n) is 5.16. The van der Waals surface area contributed by atoms with Crippen LogP contribution >= 0.6 is 0 Å². The van der Waals surface area contributed by atoms with E-state index >= 15 is 0 Å². The van der Waals surface area contributed by atoms with Crippen LogP contribution in [0.25, 0.3) is 0 Å². The third-order valence-corrected chi connectivity index (χ3v) is 2.70. The summed E-state index contributed by atoms with van der Waals surface area (Å²) in [5, 5.41) is 0. The molecule has 0 aliphatic carbocycles. The second-order valence-corrected chi connectivity index (χ2v) is 5.16. The summed E-state index contributed by atoms with van der Waals surface area (Å²) in [5.41, 5.74) is 0.279. The molecule has 0 bridgehead atoms. The lowest BCUT2D eigenvalue weighted by Gasteiger charge is -2.35. The highest BCUT2D eigenvalue weighted by molar-refractivity contribution is 4.80. The van der Waals surface area contributed by atoms with Crippen LogP contribution < -0.4 is 0 Å².